The molecule has 2 heterocycles. The minimum absolute atomic E-state index is 0.106. The van der Waals surface area contributed by atoms with Gasteiger partial charge in [-0.05, 0) is 34.1 Å². The van der Waals surface area contributed by atoms with Crippen LogP contribution < -0.4 is 0 Å². The maximum atomic E-state index is 12.6. The lowest BCUT2D eigenvalue weighted by atomic mass is 10.2. The Morgan fingerprint density at radius 3 is 2.46 bits per heavy atom. The van der Waals surface area contributed by atoms with Gasteiger partial charge < -0.3 is 19.6 Å². The maximum Gasteiger partial charge on any atom is 0.410 e. The lowest BCUT2D eigenvalue weighted by Crippen LogP contribution is -2.40. The van der Waals surface area contributed by atoms with Crippen LogP contribution in [0.4, 0.5) is 4.79 Å². The molecular weight excluding hydrogens is 330 g/mol. The highest BCUT2D eigenvalue weighted by atomic mass is 32.1. The molecule has 24 heavy (non-hydrogen) atoms. The Morgan fingerprint density at radius 1 is 1.25 bits per heavy atom. The average molecular weight is 355 g/mol. The van der Waals surface area contributed by atoms with Gasteiger partial charge in [0.25, 0.3) is 5.91 Å². The molecule has 1 fully saturated rings. The molecule has 8 heteroatoms. The van der Waals surface area contributed by atoms with E-state index in [1.807, 2.05) is 20.8 Å². The monoisotopic (exact) mass is 355 g/mol. The van der Waals surface area contributed by atoms with Crippen molar-refractivity contribution in [3.8, 4) is 0 Å². The minimum Gasteiger partial charge on any atom is -0.444 e. The third kappa shape index (κ3) is 4.91. The average Bonchev–Trinajstić information content (AvgIpc) is 2.83. The molecule has 0 aliphatic carbocycles. The summed E-state index contributed by atoms with van der Waals surface area (Å²) in [5, 5.41) is 10.1. The van der Waals surface area contributed by atoms with Crippen molar-refractivity contribution in [1.29, 1.82) is 0 Å². The summed E-state index contributed by atoms with van der Waals surface area (Å²) in [5.74, 6) is -0.106. The quantitative estimate of drug-likeness (QED) is 0.880. The molecule has 1 aliphatic heterocycles. The zero-order valence-electron chi connectivity index (χ0n) is 14.6. The van der Waals surface area contributed by atoms with E-state index in [1.54, 1.807) is 16.7 Å². The van der Waals surface area contributed by atoms with Crippen LogP contribution in [0.15, 0.2) is 6.20 Å². The normalized spacial score (nSPS) is 17.4. The number of amides is 2. The van der Waals surface area contributed by atoms with Gasteiger partial charge in [-0.2, -0.15) is 0 Å². The number of rotatable bonds is 2. The summed E-state index contributed by atoms with van der Waals surface area (Å²) in [6.07, 6.45) is 1.19. The number of nitrogens with zero attached hydrogens (tertiary/aromatic N) is 3. The molecule has 1 N–H and O–H groups in total. The van der Waals surface area contributed by atoms with E-state index in [-0.39, 0.29) is 12.0 Å². The largest absolute Gasteiger partial charge is 0.444 e. The van der Waals surface area contributed by atoms with Gasteiger partial charge in [0.1, 0.15) is 21.6 Å². The number of hydrogen-bond acceptors (Lipinski definition) is 6. The third-order valence-corrected chi connectivity index (χ3v) is 4.68. The summed E-state index contributed by atoms with van der Waals surface area (Å²) >= 11 is 1.21. The van der Waals surface area contributed by atoms with Crippen molar-refractivity contribution in [2.45, 2.75) is 45.8 Å². The fourth-order valence-electron chi connectivity index (χ4n) is 2.37. The van der Waals surface area contributed by atoms with Crippen LogP contribution in [0.2, 0.25) is 0 Å². The molecular formula is C16H25N3O4S. The Labute approximate surface area is 146 Å². The van der Waals surface area contributed by atoms with E-state index >= 15 is 0 Å². The van der Waals surface area contributed by atoms with Crippen molar-refractivity contribution in [2.24, 2.45) is 0 Å². The molecule has 0 radical (unpaired) electrons. The van der Waals surface area contributed by atoms with E-state index in [0.717, 1.165) is 0 Å². The van der Waals surface area contributed by atoms with Crippen LogP contribution in [0.3, 0.4) is 0 Å². The van der Waals surface area contributed by atoms with E-state index in [2.05, 4.69) is 4.98 Å². The first-order valence-electron chi connectivity index (χ1n) is 8.08. The number of carbonyl (C=O) groups excluding carboxylic acids is 2. The Bertz CT molecular complexity index is 594. The molecule has 1 aliphatic rings. The van der Waals surface area contributed by atoms with Crippen molar-refractivity contribution < 1.29 is 19.4 Å². The smallest absolute Gasteiger partial charge is 0.410 e. The van der Waals surface area contributed by atoms with Gasteiger partial charge in [-0.1, -0.05) is 0 Å². The van der Waals surface area contributed by atoms with E-state index < -0.39 is 11.7 Å². The lowest BCUT2D eigenvalue weighted by Gasteiger charge is -2.26. The number of hydrogen-bond donors (Lipinski definition) is 1. The standard InChI is InChI=1S/C16H25N3O4S/c1-11(20)13-17-10-12(24-13)14(21)18-6-5-7-19(9-8-18)15(22)23-16(2,3)4/h10-11,20H,5-9H2,1-4H3. The van der Waals surface area contributed by atoms with Crippen molar-refractivity contribution in [3.05, 3.63) is 16.1 Å². The van der Waals surface area contributed by atoms with Crippen LogP contribution in [0.1, 0.15) is 54.9 Å². The molecule has 1 unspecified atom stereocenters. The Morgan fingerprint density at radius 2 is 1.88 bits per heavy atom. The van der Waals surface area contributed by atoms with Crippen LogP contribution in [-0.4, -0.2) is 63.7 Å². The van der Waals surface area contributed by atoms with Crippen LogP contribution in [0, 0.1) is 0 Å². The Kier molecular flexibility index (Phi) is 5.82. The number of carbonyl (C=O) groups is 2. The molecule has 1 aromatic heterocycles. The summed E-state index contributed by atoms with van der Waals surface area (Å²) in [5.41, 5.74) is -0.529. The first-order valence-corrected chi connectivity index (χ1v) is 8.90. The molecule has 1 atom stereocenters. The molecule has 0 saturated carbocycles. The third-order valence-electron chi connectivity index (χ3n) is 3.53. The topological polar surface area (TPSA) is 83.0 Å². The van der Waals surface area contributed by atoms with Crippen LogP contribution in [0.25, 0.3) is 0 Å². The van der Waals surface area contributed by atoms with Crippen molar-refractivity contribution in [1.82, 2.24) is 14.8 Å². The highest BCUT2D eigenvalue weighted by molar-refractivity contribution is 7.13. The summed E-state index contributed by atoms with van der Waals surface area (Å²) < 4.78 is 5.39. The summed E-state index contributed by atoms with van der Waals surface area (Å²) in [4.78, 5) is 32.7. The molecule has 2 amide bonds. The van der Waals surface area contributed by atoms with Gasteiger partial charge in [0.05, 0.1) is 6.20 Å². The van der Waals surface area contributed by atoms with Crippen LogP contribution >= 0.6 is 11.3 Å². The van der Waals surface area contributed by atoms with E-state index in [0.29, 0.717) is 42.5 Å². The highest BCUT2D eigenvalue weighted by Crippen LogP contribution is 2.21. The van der Waals surface area contributed by atoms with Gasteiger partial charge >= 0.3 is 6.09 Å². The van der Waals surface area contributed by atoms with Crippen LogP contribution in [0.5, 0.6) is 0 Å². The molecule has 0 bridgehead atoms. The summed E-state index contributed by atoms with van der Waals surface area (Å²) in [6.45, 7) is 9.19. The van der Waals surface area contributed by atoms with E-state index in [9.17, 15) is 14.7 Å². The maximum absolute atomic E-state index is 12.6. The number of ether oxygens (including phenoxy) is 1. The SMILES string of the molecule is CC(O)c1ncc(C(=O)N2CCCN(C(=O)OC(C)(C)C)CC2)s1. The highest BCUT2D eigenvalue weighted by Gasteiger charge is 2.27. The molecule has 7 nitrogen and oxygen atoms in total. The Balaban J connectivity index is 1.97. The molecule has 134 valence electrons. The van der Waals surface area contributed by atoms with Crippen molar-refractivity contribution >= 4 is 23.3 Å². The van der Waals surface area contributed by atoms with Gasteiger partial charge in [0, 0.05) is 26.2 Å². The van der Waals surface area contributed by atoms with Gasteiger partial charge in [-0.15, -0.1) is 11.3 Å². The van der Waals surface area contributed by atoms with Gasteiger partial charge in [0.2, 0.25) is 0 Å². The fourth-order valence-corrected chi connectivity index (χ4v) is 3.19. The second-order valence-electron chi connectivity index (χ2n) is 6.85. The van der Waals surface area contributed by atoms with Gasteiger partial charge in [-0.3, -0.25) is 4.79 Å². The first kappa shape index (κ1) is 18.7. The first-order chi connectivity index (χ1) is 11.2. The number of aromatic nitrogens is 1. The van der Waals surface area contributed by atoms with Gasteiger partial charge in [-0.25, -0.2) is 9.78 Å². The molecule has 1 saturated heterocycles. The van der Waals surface area contributed by atoms with Crippen molar-refractivity contribution in [3.63, 3.8) is 0 Å². The molecule has 2 rings (SSSR count). The minimum atomic E-state index is -0.677. The summed E-state index contributed by atoms with van der Waals surface area (Å²) in [7, 11) is 0. The predicted octanol–water partition coefficient (Wildman–Crippen LogP) is 2.28. The second kappa shape index (κ2) is 7.48. The second-order valence-corrected chi connectivity index (χ2v) is 7.91. The fraction of sp³-hybridized carbons (Fsp3) is 0.688. The predicted molar refractivity (Wildman–Crippen MR) is 91.1 cm³/mol. The summed E-state index contributed by atoms with van der Waals surface area (Å²) in [6, 6.07) is 0. The zero-order chi connectivity index (χ0) is 17.9. The number of aliphatic hydroxyl groups is 1. The molecule has 1 aromatic rings. The Hall–Kier alpha value is -1.67. The zero-order valence-corrected chi connectivity index (χ0v) is 15.4. The van der Waals surface area contributed by atoms with Crippen molar-refractivity contribution in [2.75, 3.05) is 26.2 Å². The molecule has 0 aromatic carbocycles. The molecule has 0 spiro atoms. The van der Waals surface area contributed by atoms with E-state index in [4.69, 9.17) is 4.74 Å². The van der Waals surface area contributed by atoms with E-state index in [1.165, 1.54) is 17.5 Å². The van der Waals surface area contributed by atoms with Crippen LogP contribution in [-0.2, 0) is 4.74 Å². The number of aliphatic hydroxyl groups excluding tert-OH is 1. The van der Waals surface area contributed by atoms with Gasteiger partial charge in [0.15, 0.2) is 0 Å². The lowest BCUT2D eigenvalue weighted by molar-refractivity contribution is 0.0255. The number of thiazole rings is 1.